The van der Waals surface area contributed by atoms with Crippen LogP contribution in [0.5, 0.6) is 0 Å². The van der Waals surface area contributed by atoms with Crippen molar-refractivity contribution in [3.63, 3.8) is 0 Å². The van der Waals surface area contributed by atoms with Crippen LogP contribution in [0, 0.1) is 0 Å². The third-order valence-corrected chi connectivity index (χ3v) is 3.71. The van der Waals surface area contributed by atoms with Crippen LogP contribution in [-0.4, -0.2) is 5.78 Å². The van der Waals surface area contributed by atoms with E-state index < -0.39 is 0 Å². The largest absolute Gasteiger partial charge is 0.288 e. The van der Waals surface area contributed by atoms with Crippen molar-refractivity contribution < 1.29 is 4.79 Å². The summed E-state index contributed by atoms with van der Waals surface area (Å²) in [5.41, 5.74) is 1.64. The summed E-state index contributed by atoms with van der Waals surface area (Å²) >= 11 is 6.72. The number of hydrogen-bond acceptors (Lipinski definition) is 1. The molecule has 0 N–H and O–H groups in total. The molecular formula is C15H10Br2O. The van der Waals surface area contributed by atoms with E-state index in [9.17, 15) is 4.79 Å². The molecule has 0 spiro atoms. The van der Waals surface area contributed by atoms with Crippen molar-refractivity contribution >= 4 is 43.7 Å². The summed E-state index contributed by atoms with van der Waals surface area (Å²) in [7, 11) is 0. The van der Waals surface area contributed by atoms with Crippen molar-refractivity contribution in [1.29, 1.82) is 0 Å². The van der Waals surface area contributed by atoms with E-state index in [4.69, 9.17) is 0 Å². The van der Waals surface area contributed by atoms with E-state index in [-0.39, 0.29) is 5.78 Å². The molecule has 2 aromatic rings. The molecule has 0 aromatic heterocycles. The highest BCUT2D eigenvalue weighted by Crippen LogP contribution is 2.23. The molecule has 0 saturated heterocycles. The summed E-state index contributed by atoms with van der Waals surface area (Å²) in [6.07, 6.45) is 1.82. The van der Waals surface area contributed by atoms with Gasteiger partial charge in [0.15, 0.2) is 0 Å². The molecule has 0 amide bonds. The fraction of sp³-hybridized carbons (Fsp3) is 0. The molecular weight excluding hydrogens is 356 g/mol. The number of rotatable bonds is 3. The quantitative estimate of drug-likeness (QED) is 0.548. The third kappa shape index (κ3) is 3.18. The van der Waals surface area contributed by atoms with Crippen LogP contribution in [0.3, 0.4) is 0 Å². The zero-order chi connectivity index (χ0) is 13.0. The Kier molecular flexibility index (Phi) is 4.50. The van der Waals surface area contributed by atoms with Gasteiger partial charge in [-0.25, -0.2) is 0 Å². The molecule has 0 heterocycles. The van der Waals surface area contributed by atoms with Gasteiger partial charge >= 0.3 is 0 Å². The molecule has 0 aliphatic rings. The standard InChI is InChI=1S/C15H10Br2O/c16-13-9-5-4-8-12(13)15(18)14(17)10-11-6-2-1-3-7-11/h1-10H. The number of carbonyl (C=O) groups excluding carboxylic acids is 1. The third-order valence-electron chi connectivity index (χ3n) is 2.43. The Morgan fingerprint density at radius 1 is 0.944 bits per heavy atom. The summed E-state index contributed by atoms with van der Waals surface area (Å²) in [6.45, 7) is 0. The normalized spacial score (nSPS) is 11.3. The van der Waals surface area contributed by atoms with Crippen molar-refractivity contribution in [1.82, 2.24) is 0 Å². The van der Waals surface area contributed by atoms with Gasteiger partial charge in [-0.1, -0.05) is 58.4 Å². The lowest BCUT2D eigenvalue weighted by molar-refractivity contribution is 0.104. The van der Waals surface area contributed by atoms with Gasteiger partial charge in [0, 0.05) is 10.0 Å². The average Bonchev–Trinajstić information content (AvgIpc) is 2.39. The van der Waals surface area contributed by atoms with E-state index in [1.165, 1.54) is 0 Å². The van der Waals surface area contributed by atoms with Crippen molar-refractivity contribution in [2.75, 3.05) is 0 Å². The van der Waals surface area contributed by atoms with Crippen molar-refractivity contribution in [3.8, 4) is 0 Å². The van der Waals surface area contributed by atoms with Gasteiger partial charge in [-0.05, 0) is 39.7 Å². The summed E-state index contributed by atoms with van der Waals surface area (Å²) in [6, 6.07) is 17.1. The first-order valence-corrected chi connectivity index (χ1v) is 6.98. The van der Waals surface area contributed by atoms with Crippen molar-refractivity contribution in [2.45, 2.75) is 0 Å². The van der Waals surface area contributed by atoms with Crippen molar-refractivity contribution in [3.05, 3.63) is 74.7 Å². The monoisotopic (exact) mass is 364 g/mol. The summed E-state index contributed by atoms with van der Waals surface area (Å²) in [4.78, 5) is 12.2. The molecule has 1 nitrogen and oxygen atoms in total. The van der Waals surface area contributed by atoms with Gasteiger partial charge in [-0.2, -0.15) is 0 Å². The fourth-order valence-electron chi connectivity index (χ4n) is 1.54. The molecule has 2 rings (SSSR count). The Balaban J connectivity index is 2.30. The Morgan fingerprint density at radius 3 is 2.22 bits per heavy atom. The van der Waals surface area contributed by atoms with Crippen LogP contribution in [0.4, 0.5) is 0 Å². The van der Waals surface area contributed by atoms with E-state index in [2.05, 4.69) is 31.9 Å². The van der Waals surface area contributed by atoms with Gasteiger partial charge < -0.3 is 0 Å². The lowest BCUT2D eigenvalue weighted by atomic mass is 10.1. The zero-order valence-electron chi connectivity index (χ0n) is 9.44. The highest BCUT2D eigenvalue weighted by Gasteiger charge is 2.12. The second kappa shape index (κ2) is 6.12. The van der Waals surface area contributed by atoms with E-state index in [0.29, 0.717) is 10.0 Å². The molecule has 0 fully saturated rings. The molecule has 0 atom stereocenters. The molecule has 18 heavy (non-hydrogen) atoms. The van der Waals surface area contributed by atoms with Crippen LogP contribution < -0.4 is 0 Å². The Morgan fingerprint density at radius 2 is 1.56 bits per heavy atom. The van der Waals surface area contributed by atoms with Gasteiger partial charge in [0.1, 0.15) is 0 Å². The molecule has 0 saturated carbocycles. The Hall–Kier alpha value is -1.19. The van der Waals surface area contributed by atoms with E-state index in [0.717, 1.165) is 10.0 Å². The van der Waals surface area contributed by atoms with Gasteiger partial charge in [0.25, 0.3) is 0 Å². The van der Waals surface area contributed by atoms with Gasteiger partial charge in [0.05, 0.1) is 4.48 Å². The number of ketones is 1. The second-order valence-corrected chi connectivity index (χ2v) is 5.42. The molecule has 0 bridgehead atoms. The smallest absolute Gasteiger partial charge is 0.201 e. The minimum absolute atomic E-state index is 0.0358. The maximum atomic E-state index is 12.2. The number of allylic oxidation sites excluding steroid dienone is 1. The van der Waals surface area contributed by atoms with E-state index in [1.807, 2.05) is 54.6 Å². The number of hydrogen-bond donors (Lipinski definition) is 0. The fourth-order valence-corrected chi connectivity index (χ4v) is 2.48. The molecule has 0 radical (unpaired) electrons. The molecule has 3 heteroatoms. The number of Topliss-reactive ketones (excluding diaryl/α,β-unsaturated/α-hetero) is 1. The second-order valence-electron chi connectivity index (χ2n) is 3.71. The number of benzene rings is 2. The average molecular weight is 366 g/mol. The molecule has 0 aliphatic heterocycles. The number of carbonyl (C=O) groups is 1. The lowest BCUT2D eigenvalue weighted by Crippen LogP contribution is -1.99. The molecule has 90 valence electrons. The summed E-state index contributed by atoms with van der Waals surface area (Å²) < 4.78 is 1.34. The predicted octanol–water partition coefficient (Wildman–Crippen LogP) is 5.07. The van der Waals surface area contributed by atoms with E-state index in [1.54, 1.807) is 6.07 Å². The summed E-state index contributed by atoms with van der Waals surface area (Å²) in [5.74, 6) is -0.0358. The predicted molar refractivity (Wildman–Crippen MR) is 81.8 cm³/mol. The van der Waals surface area contributed by atoms with Crippen molar-refractivity contribution in [2.24, 2.45) is 0 Å². The number of halogens is 2. The molecule has 0 unspecified atom stereocenters. The highest BCUT2D eigenvalue weighted by molar-refractivity contribution is 9.12. The molecule has 0 aliphatic carbocycles. The maximum Gasteiger partial charge on any atom is 0.201 e. The first-order valence-electron chi connectivity index (χ1n) is 5.40. The van der Waals surface area contributed by atoms with Crippen LogP contribution in [0.1, 0.15) is 15.9 Å². The minimum Gasteiger partial charge on any atom is -0.288 e. The van der Waals surface area contributed by atoms with Crippen LogP contribution in [0.2, 0.25) is 0 Å². The van der Waals surface area contributed by atoms with Gasteiger partial charge in [-0.15, -0.1) is 0 Å². The first kappa shape index (κ1) is 13.2. The zero-order valence-corrected chi connectivity index (χ0v) is 12.6. The maximum absolute atomic E-state index is 12.2. The highest BCUT2D eigenvalue weighted by atomic mass is 79.9. The SMILES string of the molecule is O=C(C(Br)=Cc1ccccc1)c1ccccc1Br. The topological polar surface area (TPSA) is 17.1 Å². The van der Waals surface area contributed by atoms with Crippen LogP contribution in [-0.2, 0) is 0 Å². The first-order chi connectivity index (χ1) is 8.68. The lowest BCUT2D eigenvalue weighted by Gasteiger charge is -2.02. The molecule has 2 aromatic carbocycles. The van der Waals surface area contributed by atoms with Crippen LogP contribution in [0.15, 0.2) is 63.6 Å². The van der Waals surface area contributed by atoms with Gasteiger partial charge in [0.2, 0.25) is 5.78 Å². The van der Waals surface area contributed by atoms with Crippen LogP contribution in [0.25, 0.3) is 6.08 Å². The Labute approximate surface area is 123 Å². The van der Waals surface area contributed by atoms with Crippen LogP contribution >= 0.6 is 31.9 Å². The Bertz CT molecular complexity index is 588. The summed E-state index contributed by atoms with van der Waals surface area (Å²) in [5, 5.41) is 0. The van der Waals surface area contributed by atoms with E-state index >= 15 is 0 Å². The minimum atomic E-state index is -0.0358. The van der Waals surface area contributed by atoms with Gasteiger partial charge in [-0.3, -0.25) is 4.79 Å².